The second-order valence-electron chi connectivity index (χ2n) is 8.93. The number of aromatic nitrogens is 1. The summed E-state index contributed by atoms with van der Waals surface area (Å²) in [5.41, 5.74) is 2.71. The fraction of sp³-hybridized carbons (Fsp3) is 0.286. The molecule has 1 heterocycles. The Morgan fingerprint density at radius 2 is 1.69 bits per heavy atom. The van der Waals surface area contributed by atoms with Crippen LogP contribution in [0.2, 0.25) is 0 Å². The zero-order valence-corrected chi connectivity index (χ0v) is 20.9. The molecular formula is C28H31FN4O3. The van der Waals surface area contributed by atoms with E-state index in [1.54, 1.807) is 24.4 Å². The molecule has 0 radical (unpaired) electrons. The number of nitrogens with zero attached hydrogens (tertiary/aromatic N) is 2. The fourth-order valence-electron chi connectivity index (χ4n) is 3.81. The minimum atomic E-state index is -1.06. The molecule has 0 aliphatic rings. The molecule has 0 bridgehead atoms. The Kier molecular flexibility index (Phi) is 8.89. The minimum Gasteiger partial charge on any atom is -0.352 e. The van der Waals surface area contributed by atoms with Gasteiger partial charge in [0.2, 0.25) is 17.7 Å². The third kappa shape index (κ3) is 6.97. The van der Waals surface area contributed by atoms with Gasteiger partial charge < -0.3 is 10.6 Å². The zero-order valence-electron chi connectivity index (χ0n) is 20.9. The average molecular weight is 491 g/mol. The van der Waals surface area contributed by atoms with E-state index in [1.165, 1.54) is 29.2 Å². The van der Waals surface area contributed by atoms with Crippen LogP contribution < -0.4 is 15.5 Å². The lowest BCUT2D eigenvalue weighted by molar-refractivity contribution is -0.127. The quantitative estimate of drug-likeness (QED) is 0.448. The van der Waals surface area contributed by atoms with Crippen LogP contribution in [0.25, 0.3) is 0 Å². The van der Waals surface area contributed by atoms with Crippen LogP contribution in [-0.4, -0.2) is 28.7 Å². The Balaban J connectivity index is 1.98. The van der Waals surface area contributed by atoms with Crippen molar-refractivity contribution >= 4 is 29.2 Å². The molecule has 2 N–H and O–H groups in total. The maximum atomic E-state index is 13.7. The van der Waals surface area contributed by atoms with Gasteiger partial charge in [-0.05, 0) is 74.7 Å². The number of benzene rings is 2. The van der Waals surface area contributed by atoms with Gasteiger partial charge >= 0.3 is 0 Å². The highest BCUT2D eigenvalue weighted by Gasteiger charge is 2.34. The summed E-state index contributed by atoms with van der Waals surface area (Å²) in [4.78, 5) is 45.2. The predicted molar refractivity (Wildman–Crippen MR) is 138 cm³/mol. The standard InChI is InChI=1S/C28H31FN4O3/c1-18(2)31-28(36)27(21-10-12-22(29)13-11-21)33(23-17-19(3)8-9-20(23)4)26(35)15-14-25(34)32-24-7-5-6-16-30-24/h5-13,16-18,27H,14-15H2,1-4H3,(H,31,36)(H,30,32,34). The molecular weight excluding hydrogens is 459 g/mol. The van der Waals surface area contributed by atoms with Crippen LogP contribution in [0, 0.1) is 19.7 Å². The normalized spacial score (nSPS) is 11.6. The van der Waals surface area contributed by atoms with Crippen molar-refractivity contribution in [2.45, 2.75) is 52.6 Å². The van der Waals surface area contributed by atoms with E-state index >= 15 is 0 Å². The van der Waals surface area contributed by atoms with E-state index < -0.39 is 23.7 Å². The number of hydrogen-bond acceptors (Lipinski definition) is 4. The second kappa shape index (κ2) is 12.1. The van der Waals surface area contributed by atoms with E-state index in [0.29, 0.717) is 17.1 Å². The Morgan fingerprint density at radius 1 is 0.972 bits per heavy atom. The Morgan fingerprint density at radius 3 is 2.33 bits per heavy atom. The van der Waals surface area contributed by atoms with Crippen molar-refractivity contribution in [1.82, 2.24) is 10.3 Å². The van der Waals surface area contributed by atoms with Crippen LogP contribution >= 0.6 is 0 Å². The maximum absolute atomic E-state index is 13.7. The highest BCUT2D eigenvalue weighted by atomic mass is 19.1. The lowest BCUT2D eigenvalue weighted by Crippen LogP contribution is -2.46. The molecule has 0 aliphatic heterocycles. The summed E-state index contributed by atoms with van der Waals surface area (Å²) < 4.78 is 13.7. The van der Waals surface area contributed by atoms with E-state index in [9.17, 15) is 18.8 Å². The minimum absolute atomic E-state index is 0.0985. The lowest BCUT2D eigenvalue weighted by Gasteiger charge is -2.33. The number of aryl methyl sites for hydroxylation is 2. The van der Waals surface area contributed by atoms with Crippen LogP contribution in [0.5, 0.6) is 0 Å². The first-order valence-electron chi connectivity index (χ1n) is 11.8. The largest absolute Gasteiger partial charge is 0.352 e. The van der Waals surface area contributed by atoms with Crippen LogP contribution in [0.4, 0.5) is 15.9 Å². The fourth-order valence-corrected chi connectivity index (χ4v) is 3.81. The van der Waals surface area contributed by atoms with Crippen molar-refractivity contribution in [3.05, 3.63) is 89.4 Å². The van der Waals surface area contributed by atoms with E-state index in [2.05, 4.69) is 15.6 Å². The molecule has 2 aromatic carbocycles. The number of pyridine rings is 1. The van der Waals surface area contributed by atoms with Gasteiger partial charge in [0.05, 0.1) is 0 Å². The smallest absolute Gasteiger partial charge is 0.248 e. The SMILES string of the molecule is Cc1ccc(C)c(N(C(=O)CCC(=O)Nc2ccccn2)C(C(=O)NC(C)C)c2ccc(F)cc2)c1. The molecule has 3 rings (SSSR count). The van der Waals surface area contributed by atoms with Crippen LogP contribution in [-0.2, 0) is 14.4 Å². The first kappa shape index (κ1) is 26.5. The Labute approximate surface area is 210 Å². The number of hydrogen-bond donors (Lipinski definition) is 2. The number of carbonyl (C=O) groups excluding carboxylic acids is 3. The van der Waals surface area contributed by atoms with Gasteiger partial charge in [-0.25, -0.2) is 9.37 Å². The topological polar surface area (TPSA) is 91.4 Å². The third-order valence-corrected chi connectivity index (χ3v) is 5.51. The van der Waals surface area contributed by atoms with Gasteiger partial charge in [-0.2, -0.15) is 0 Å². The van der Waals surface area contributed by atoms with Crippen molar-refractivity contribution < 1.29 is 18.8 Å². The number of anilines is 2. The molecule has 0 saturated heterocycles. The van der Waals surface area contributed by atoms with Crippen molar-refractivity contribution in [2.24, 2.45) is 0 Å². The summed E-state index contributed by atoms with van der Waals surface area (Å²) in [6.45, 7) is 7.40. The Bertz CT molecular complexity index is 1210. The molecule has 188 valence electrons. The van der Waals surface area contributed by atoms with Crippen LogP contribution in [0.1, 0.15) is 49.4 Å². The molecule has 0 fully saturated rings. The summed E-state index contributed by atoms with van der Waals surface area (Å²) in [5, 5.41) is 5.55. The number of halogens is 1. The van der Waals surface area contributed by atoms with E-state index in [0.717, 1.165) is 11.1 Å². The van der Waals surface area contributed by atoms with Gasteiger partial charge in [-0.15, -0.1) is 0 Å². The summed E-state index contributed by atoms with van der Waals surface area (Å²) in [7, 11) is 0. The van der Waals surface area contributed by atoms with E-state index in [-0.39, 0.29) is 24.8 Å². The molecule has 3 aromatic rings. The average Bonchev–Trinajstić information content (AvgIpc) is 2.83. The zero-order chi connectivity index (χ0) is 26.2. The molecule has 8 heteroatoms. The van der Waals surface area contributed by atoms with Crippen molar-refractivity contribution in [3.63, 3.8) is 0 Å². The molecule has 3 amide bonds. The van der Waals surface area contributed by atoms with Gasteiger partial charge in [0.15, 0.2) is 0 Å². The molecule has 1 atom stereocenters. The second-order valence-corrected chi connectivity index (χ2v) is 8.93. The number of carbonyl (C=O) groups is 3. The molecule has 36 heavy (non-hydrogen) atoms. The maximum Gasteiger partial charge on any atom is 0.248 e. The van der Waals surface area contributed by atoms with Gasteiger partial charge in [-0.1, -0.05) is 30.3 Å². The molecule has 1 aromatic heterocycles. The molecule has 1 unspecified atom stereocenters. The van der Waals surface area contributed by atoms with Crippen LogP contribution in [0.3, 0.4) is 0 Å². The monoisotopic (exact) mass is 490 g/mol. The van der Waals surface area contributed by atoms with Crippen molar-refractivity contribution in [2.75, 3.05) is 10.2 Å². The van der Waals surface area contributed by atoms with Gasteiger partial charge in [-0.3, -0.25) is 19.3 Å². The van der Waals surface area contributed by atoms with Gasteiger partial charge in [0.1, 0.15) is 17.7 Å². The summed E-state index contributed by atoms with van der Waals surface area (Å²) >= 11 is 0. The lowest BCUT2D eigenvalue weighted by atomic mass is 10.00. The summed E-state index contributed by atoms with van der Waals surface area (Å²) in [6, 6.07) is 15.1. The highest BCUT2D eigenvalue weighted by molar-refractivity contribution is 6.03. The Hall–Kier alpha value is -4.07. The molecule has 0 spiro atoms. The van der Waals surface area contributed by atoms with E-state index in [1.807, 2.05) is 45.9 Å². The predicted octanol–water partition coefficient (Wildman–Crippen LogP) is 4.86. The van der Waals surface area contributed by atoms with Gasteiger partial charge in [0.25, 0.3) is 0 Å². The third-order valence-electron chi connectivity index (χ3n) is 5.51. The number of nitrogens with one attached hydrogen (secondary N) is 2. The number of amides is 3. The highest BCUT2D eigenvalue weighted by Crippen LogP contribution is 2.32. The van der Waals surface area contributed by atoms with Crippen LogP contribution in [0.15, 0.2) is 66.9 Å². The molecule has 7 nitrogen and oxygen atoms in total. The van der Waals surface area contributed by atoms with Gasteiger partial charge in [0, 0.05) is 30.8 Å². The number of rotatable bonds is 9. The molecule has 0 aliphatic carbocycles. The first-order chi connectivity index (χ1) is 17.2. The van der Waals surface area contributed by atoms with Crippen molar-refractivity contribution in [3.8, 4) is 0 Å². The summed E-state index contributed by atoms with van der Waals surface area (Å²) in [5.74, 6) is -1.23. The molecule has 0 saturated carbocycles. The first-order valence-corrected chi connectivity index (χ1v) is 11.8. The van der Waals surface area contributed by atoms with E-state index in [4.69, 9.17) is 0 Å². The van der Waals surface area contributed by atoms with Crippen molar-refractivity contribution in [1.29, 1.82) is 0 Å². The summed E-state index contributed by atoms with van der Waals surface area (Å²) in [6.07, 6.45) is 1.32.